The quantitative estimate of drug-likeness (QED) is 0.320. The summed E-state index contributed by atoms with van der Waals surface area (Å²) in [7, 11) is 0. The van der Waals surface area contributed by atoms with Crippen LogP contribution < -0.4 is 5.32 Å². The van der Waals surface area contributed by atoms with Crippen molar-refractivity contribution in [3.8, 4) is 0 Å². The standard InChI is InChI=1S/C28H29Cl3N2O2/c1-19(2)17-32-28(35)26(15-20-7-4-3-5-8-20)33(18-22-9-6-10-23(29)13-22)27(34)16-21-11-12-24(30)25(31)14-21/h3-14,19,26H,15-18H2,1-2H3,(H,32,35)/t26-/m1/s1. The lowest BCUT2D eigenvalue weighted by atomic mass is 10.0. The van der Waals surface area contributed by atoms with E-state index < -0.39 is 6.04 Å². The lowest BCUT2D eigenvalue weighted by Gasteiger charge is -2.32. The second kappa shape index (κ2) is 13.0. The summed E-state index contributed by atoms with van der Waals surface area (Å²) in [6, 6.07) is 21.5. The van der Waals surface area contributed by atoms with Gasteiger partial charge in [0, 0.05) is 24.5 Å². The lowest BCUT2D eigenvalue weighted by Crippen LogP contribution is -2.51. The molecule has 0 fully saturated rings. The highest BCUT2D eigenvalue weighted by atomic mass is 35.5. The van der Waals surface area contributed by atoms with Gasteiger partial charge >= 0.3 is 0 Å². The topological polar surface area (TPSA) is 49.4 Å². The molecule has 0 radical (unpaired) electrons. The van der Waals surface area contributed by atoms with Gasteiger partial charge in [0.1, 0.15) is 6.04 Å². The first-order chi connectivity index (χ1) is 16.7. The molecule has 0 bridgehead atoms. The Kier molecular flexibility index (Phi) is 10.0. The van der Waals surface area contributed by atoms with Crippen molar-refractivity contribution in [2.24, 2.45) is 5.92 Å². The number of rotatable bonds is 10. The Labute approximate surface area is 222 Å². The molecule has 0 unspecified atom stereocenters. The van der Waals surface area contributed by atoms with Crippen LogP contribution in [0, 0.1) is 5.92 Å². The third-order valence-electron chi connectivity index (χ3n) is 5.54. The number of hydrogen-bond acceptors (Lipinski definition) is 2. The molecule has 184 valence electrons. The van der Waals surface area contributed by atoms with Gasteiger partial charge in [-0.25, -0.2) is 0 Å². The zero-order valence-electron chi connectivity index (χ0n) is 19.8. The first-order valence-electron chi connectivity index (χ1n) is 11.5. The third-order valence-corrected chi connectivity index (χ3v) is 6.51. The zero-order valence-corrected chi connectivity index (χ0v) is 22.1. The van der Waals surface area contributed by atoms with Gasteiger partial charge in [0.05, 0.1) is 16.5 Å². The Morgan fingerprint density at radius 1 is 0.829 bits per heavy atom. The Morgan fingerprint density at radius 2 is 1.54 bits per heavy atom. The molecule has 0 spiro atoms. The van der Waals surface area contributed by atoms with Gasteiger partial charge in [-0.05, 0) is 46.9 Å². The number of carbonyl (C=O) groups excluding carboxylic acids is 2. The van der Waals surface area contributed by atoms with E-state index in [4.69, 9.17) is 34.8 Å². The molecule has 0 aliphatic rings. The molecule has 0 aliphatic heterocycles. The van der Waals surface area contributed by atoms with Crippen LogP contribution in [0.5, 0.6) is 0 Å². The van der Waals surface area contributed by atoms with Crippen LogP contribution in [0.1, 0.15) is 30.5 Å². The Balaban J connectivity index is 1.96. The molecule has 1 N–H and O–H groups in total. The van der Waals surface area contributed by atoms with E-state index in [1.807, 2.05) is 62.4 Å². The fraction of sp³-hybridized carbons (Fsp3) is 0.286. The van der Waals surface area contributed by atoms with Gasteiger partial charge in [0.25, 0.3) is 0 Å². The molecule has 7 heteroatoms. The van der Waals surface area contributed by atoms with Crippen molar-refractivity contribution in [1.29, 1.82) is 0 Å². The van der Waals surface area contributed by atoms with Gasteiger partial charge in [-0.15, -0.1) is 0 Å². The van der Waals surface area contributed by atoms with E-state index in [1.165, 1.54) is 0 Å². The van der Waals surface area contributed by atoms with E-state index in [-0.39, 0.29) is 30.7 Å². The largest absolute Gasteiger partial charge is 0.354 e. The Morgan fingerprint density at radius 3 is 2.20 bits per heavy atom. The van der Waals surface area contributed by atoms with E-state index in [2.05, 4.69) is 5.32 Å². The summed E-state index contributed by atoms with van der Waals surface area (Å²) in [6.07, 6.45) is 0.471. The van der Waals surface area contributed by atoms with Gasteiger partial charge in [-0.3, -0.25) is 9.59 Å². The maximum Gasteiger partial charge on any atom is 0.243 e. The molecule has 3 rings (SSSR count). The number of nitrogens with zero attached hydrogens (tertiary/aromatic N) is 1. The van der Waals surface area contributed by atoms with Crippen LogP contribution in [-0.4, -0.2) is 29.3 Å². The lowest BCUT2D eigenvalue weighted by molar-refractivity contribution is -0.140. The average Bonchev–Trinajstić information content (AvgIpc) is 2.82. The molecule has 0 saturated heterocycles. The number of benzene rings is 3. The highest BCUT2D eigenvalue weighted by Crippen LogP contribution is 2.24. The second-order valence-electron chi connectivity index (χ2n) is 8.92. The molecule has 4 nitrogen and oxygen atoms in total. The monoisotopic (exact) mass is 530 g/mol. The summed E-state index contributed by atoms with van der Waals surface area (Å²) in [5.74, 6) is -0.0966. The van der Waals surface area contributed by atoms with Gasteiger partial charge < -0.3 is 10.2 Å². The molecule has 35 heavy (non-hydrogen) atoms. The highest BCUT2D eigenvalue weighted by Gasteiger charge is 2.30. The van der Waals surface area contributed by atoms with Crippen molar-refractivity contribution >= 4 is 46.6 Å². The van der Waals surface area contributed by atoms with E-state index in [9.17, 15) is 9.59 Å². The van der Waals surface area contributed by atoms with Crippen LogP contribution in [0.4, 0.5) is 0 Å². The summed E-state index contributed by atoms with van der Waals surface area (Å²) in [5, 5.41) is 4.40. The van der Waals surface area contributed by atoms with Gasteiger partial charge in [-0.1, -0.05) is 97.2 Å². The van der Waals surface area contributed by atoms with Crippen LogP contribution >= 0.6 is 34.8 Å². The van der Waals surface area contributed by atoms with Crippen molar-refractivity contribution in [2.75, 3.05) is 6.54 Å². The smallest absolute Gasteiger partial charge is 0.243 e. The number of amides is 2. The predicted molar refractivity (Wildman–Crippen MR) is 144 cm³/mol. The van der Waals surface area contributed by atoms with Crippen LogP contribution in [0.3, 0.4) is 0 Å². The maximum absolute atomic E-state index is 13.7. The van der Waals surface area contributed by atoms with Crippen molar-refractivity contribution in [2.45, 2.75) is 39.3 Å². The molecule has 0 aliphatic carbocycles. The fourth-order valence-corrected chi connectivity index (χ4v) is 4.27. The molecule has 0 saturated carbocycles. The second-order valence-corrected chi connectivity index (χ2v) is 10.2. The van der Waals surface area contributed by atoms with Crippen molar-refractivity contribution in [3.63, 3.8) is 0 Å². The number of nitrogens with one attached hydrogen (secondary N) is 1. The minimum Gasteiger partial charge on any atom is -0.354 e. The fourth-order valence-electron chi connectivity index (χ4n) is 3.73. The molecule has 1 atom stereocenters. The van der Waals surface area contributed by atoms with E-state index in [0.717, 1.165) is 16.7 Å². The molecule has 2 amide bonds. The summed E-state index contributed by atoms with van der Waals surface area (Å²) in [5.41, 5.74) is 2.53. The van der Waals surface area contributed by atoms with Crippen LogP contribution in [0.25, 0.3) is 0 Å². The molecule has 0 heterocycles. The molecule has 3 aromatic rings. The van der Waals surface area contributed by atoms with Crippen molar-refractivity contribution in [3.05, 3.63) is 105 Å². The van der Waals surface area contributed by atoms with E-state index >= 15 is 0 Å². The number of halogens is 3. The highest BCUT2D eigenvalue weighted by molar-refractivity contribution is 6.42. The van der Waals surface area contributed by atoms with Crippen molar-refractivity contribution in [1.82, 2.24) is 10.2 Å². The minimum atomic E-state index is -0.703. The molecule has 3 aromatic carbocycles. The normalized spacial score (nSPS) is 11.8. The molecular weight excluding hydrogens is 503 g/mol. The third kappa shape index (κ3) is 8.28. The average molecular weight is 532 g/mol. The van der Waals surface area contributed by atoms with Crippen LogP contribution in [0.2, 0.25) is 15.1 Å². The van der Waals surface area contributed by atoms with Gasteiger partial charge in [-0.2, -0.15) is 0 Å². The Hall–Kier alpha value is -2.53. The maximum atomic E-state index is 13.7. The predicted octanol–water partition coefficient (Wildman–Crippen LogP) is 6.60. The van der Waals surface area contributed by atoms with E-state index in [1.54, 1.807) is 29.2 Å². The first-order valence-corrected chi connectivity index (χ1v) is 12.7. The Bertz CT molecular complexity index is 1150. The first kappa shape index (κ1) is 27.1. The summed E-state index contributed by atoms with van der Waals surface area (Å²) in [4.78, 5) is 28.8. The SMILES string of the molecule is CC(C)CNC(=O)[C@@H](Cc1ccccc1)N(Cc1cccc(Cl)c1)C(=O)Cc1ccc(Cl)c(Cl)c1. The van der Waals surface area contributed by atoms with Gasteiger partial charge in [0.15, 0.2) is 0 Å². The van der Waals surface area contributed by atoms with Gasteiger partial charge in [0.2, 0.25) is 11.8 Å². The summed E-state index contributed by atoms with van der Waals surface area (Å²) >= 11 is 18.4. The summed E-state index contributed by atoms with van der Waals surface area (Å²) < 4.78 is 0. The van der Waals surface area contributed by atoms with Crippen molar-refractivity contribution < 1.29 is 9.59 Å². The molecule has 0 aromatic heterocycles. The summed E-state index contributed by atoms with van der Waals surface area (Å²) in [6.45, 7) is 4.83. The number of carbonyl (C=O) groups is 2. The van der Waals surface area contributed by atoms with E-state index in [0.29, 0.717) is 28.0 Å². The number of hydrogen-bond donors (Lipinski definition) is 1. The zero-order chi connectivity index (χ0) is 25.4. The molecular formula is C28H29Cl3N2O2. The van der Waals surface area contributed by atoms with Crippen LogP contribution in [0.15, 0.2) is 72.8 Å². The van der Waals surface area contributed by atoms with Crippen LogP contribution in [-0.2, 0) is 29.0 Å². The minimum absolute atomic E-state index is 0.0835.